The maximum Gasteiger partial charge on any atom is 0.415 e. The SMILES string of the molecule is CCCOC(=O)N(Cc1c(F)cccc1F)c1sc(-c2ccc([N+](=O)[O-])cc2)c(C)c1C(=O)Nc1ccc(OC)nn1. The molecule has 0 aliphatic carbocycles. The maximum absolute atomic E-state index is 14.7. The van der Waals surface area contributed by atoms with E-state index in [0.717, 1.165) is 28.4 Å². The standard InChI is InChI=1S/C28H25F2N5O6S/c1-4-14-41-28(37)34(15-19-20(29)6-5-7-21(19)30)27-24(26(36)31-22-12-13-23(40-3)33-32-22)16(2)25(42-27)17-8-10-18(11-9-17)35(38)39/h5-13H,4,14-15H2,1-3H3,(H,31,32,36). The zero-order chi connectivity index (χ0) is 30.4. The number of carbonyl (C=O) groups excluding carboxylic acids is 2. The first kappa shape index (κ1) is 30.0. The molecule has 4 aromatic rings. The topological polar surface area (TPSA) is 137 Å². The Morgan fingerprint density at radius 3 is 2.33 bits per heavy atom. The molecule has 0 bridgehead atoms. The lowest BCUT2D eigenvalue weighted by atomic mass is 10.1. The molecule has 2 amide bonds. The van der Waals surface area contributed by atoms with E-state index in [-0.39, 0.29) is 34.6 Å². The molecule has 0 radical (unpaired) electrons. The number of hydrogen-bond acceptors (Lipinski definition) is 9. The quantitative estimate of drug-likeness (QED) is 0.161. The van der Waals surface area contributed by atoms with Gasteiger partial charge in [-0.3, -0.25) is 19.8 Å². The average molecular weight is 598 g/mol. The Morgan fingerprint density at radius 2 is 1.76 bits per heavy atom. The van der Waals surface area contributed by atoms with Gasteiger partial charge in [-0.15, -0.1) is 21.5 Å². The van der Waals surface area contributed by atoms with Crippen molar-refractivity contribution in [2.75, 3.05) is 23.9 Å². The van der Waals surface area contributed by atoms with Crippen molar-refractivity contribution >= 4 is 39.8 Å². The molecule has 0 fully saturated rings. The van der Waals surface area contributed by atoms with Crippen molar-refractivity contribution in [1.82, 2.24) is 10.2 Å². The normalized spacial score (nSPS) is 10.7. The van der Waals surface area contributed by atoms with Gasteiger partial charge in [-0.1, -0.05) is 13.0 Å². The third kappa shape index (κ3) is 6.49. The summed E-state index contributed by atoms with van der Waals surface area (Å²) in [5, 5.41) is 21.6. The number of rotatable bonds is 10. The predicted molar refractivity (Wildman–Crippen MR) is 152 cm³/mol. The Morgan fingerprint density at radius 1 is 1.07 bits per heavy atom. The lowest BCUT2D eigenvalue weighted by Gasteiger charge is -2.23. The second-order valence-electron chi connectivity index (χ2n) is 8.86. The molecular formula is C28H25F2N5O6S. The highest BCUT2D eigenvalue weighted by Gasteiger charge is 2.31. The number of nitro benzene ring substituents is 1. The fraction of sp³-hybridized carbons (Fsp3) is 0.214. The molecule has 0 aliphatic heterocycles. The molecule has 1 N–H and O–H groups in total. The number of carbonyl (C=O) groups is 2. The summed E-state index contributed by atoms with van der Waals surface area (Å²) in [6.45, 7) is 2.86. The highest BCUT2D eigenvalue weighted by atomic mass is 32.1. The molecule has 0 atom stereocenters. The van der Waals surface area contributed by atoms with Gasteiger partial charge >= 0.3 is 6.09 Å². The van der Waals surface area contributed by atoms with E-state index < -0.39 is 40.7 Å². The van der Waals surface area contributed by atoms with Crippen LogP contribution >= 0.6 is 11.3 Å². The number of thiophene rings is 1. The van der Waals surface area contributed by atoms with Crippen LogP contribution in [0.5, 0.6) is 5.88 Å². The van der Waals surface area contributed by atoms with E-state index in [4.69, 9.17) is 9.47 Å². The summed E-state index contributed by atoms with van der Waals surface area (Å²) in [5.41, 5.74) is 0.401. The van der Waals surface area contributed by atoms with Crippen LogP contribution in [-0.2, 0) is 11.3 Å². The smallest absolute Gasteiger partial charge is 0.415 e. The van der Waals surface area contributed by atoms with Crippen molar-refractivity contribution in [3.63, 3.8) is 0 Å². The van der Waals surface area contributed by atoms with Crippen molar-refractivity contribution in [3.8, 4) is 16.3 Å². The fourth-order valence-corrected chi connectivity index (χ4v) is 5.27. The Labute approximate surface area is 242 Å². The summed E-state index contributed by atoms with van der Waals surface area (Å²) >= 11 is 0.993. The second-order valence-corrected chi connectivity index (χ2v) is 9.86. The molecule has 0 unspecified atom stereocenters. The molecule has 0 saturated heterocycles. The molecule has 42 heavy (non-hydrogen) atoms. The number of hydrogen-bond donors (Lipinski definition) is 1. The van der Waals surface area contributed by atoms with Crippen LogP contribution in [-0.4, -0.2) is 40.8 Å². The molecule has 11 nitrogen and oxygen atoms in total. The minimum atomic E-state index is -0.922. The van der Waals surface area contributed by atoms with Gasteiger partial charge in [-0.25, -0.2) is 13.6 Å². The molecule has 14 heteroatoms. The van der Waals surface area contributed by atoms with Gasteiger partial charge in [-0.05, 0) is 54.8 Å². The monoisotopic (exact) mass is 597 g/mol. The molecule has 0 saturated carbocycles. The number of nitro groups is 1. The number of nitrogens with one attached hydrogen (secondary N) is 1. The summed E-state index contributed by atoms with van der Waals surface area (Å²) in [6.07, 6.45) is -0.441. The van der Waals surface area contributed by atoms with Crippen LogP contribution in [0.1, 0.15) is 34.8 Å². The van der Waals surface area contributed by atoms with Gasteiger partial charge in [0.2, 0.25) is 5.88 Å². The third-order valence-electron chi connectivity index (χ3n) is 6.06. The number of amides is 2. The second kappa shape index (κ2) is 13.1. The first-order valence-corrected chi connectivity index (χ1v) is 13.4. The molecule has 4 rings (SSSR count). The zero-order valence-electron chi connectivity index (χ0n) is 22.7. The van der Waals surface area contributed by atoms with Gasteiger partial charge in [0, 0.05) is 28.6 Å². The Balaban J connectivity index is 1.86. The van der Waals surface area contributed by atoms with Crippen LogP contribution < -0.4 is 15.0 Å². The maximum atomic E-state index is 14.7. The molecule has 2 aromatic carbocycles. The lowest BCUT2D eigenvalue weighted by molar-refractivity contribution is -0.384. The molecule has 2 aromatic heterocycles. The number of methoxy groups -OCH3 is 1. The van der Waals surface area contributed by atoms with Gasteiger partial charge in [0.15, 0.2) is 5.82 Å². The first-order valence-electron chi connectivity index (χ1n) is 12.6. The molecule has 0 spiro atoms. The first-order chi connectivity index (χ1) is 20.1. The summed E-state index contributed by atoms with van der Waals surface area (Å²) in [4.78, 5) is 39.2. The van der Waals surface area contributed by atoms with Crippen LogP contribution in [0.3, 0.4) is 0 Å². The number of halogens is 2. The summed E-state index contributed by atoms with van der Waals surface area (Å²) in [7, 11) is 1.41. The molecule has 218 valence electrons. The number of aromatic nitrogens is 2. The van der Waals surface area contributed by atoms with Gasteiger partial charge in [0.05, 0.1) is 30.7 Å². The molecule has 2 heterocycles. The Kier molecular flexibility index (Phi) is 9.37. The minimum Gasteiger partial charge on any atom is -0.480 e. The van der Waals surface area contributed by atoms with Gasteiger partial charge in [0.25, 0.3) is 11.6 Å². The average Bonchev–Trinajstić information content (AvgIpc) is 3.32. The van der Waals surface area contributed by atoms with E-state index in [1.54, 1.807) is 13.8 Å². The van der Waals surface area contributed by atoms with Crippen molar-refractivity contribution < 1.29 is 32.8 Å². The van der Waals surface area contributed by atoms with Crippen LogP contribution in [0.4, 0.5) is 30.1 Å². The van der Waals surface area contributed by atoms with Crippen LogP contribution in [0, 0.1) is 28.7 Å². The highest BCUT2D eigenvalue weighted by Crippen LogP contribution is 2.43. The van der Waals surface area contributed by atoms with Crippen molar-refractivity contribution in [2.24, 2.45) is 0 Å². The van der Waals surface area contributed by atoms with Gasteiger partial charge in [-0.2, -0.15) is 0 Å². The summed E-state index contributed by atoms with van der Waals surface area (Å²) < 4.78 is 39.8. The van der Waals surface area contributed by atoms with E-state index in [0.29, 0.717) is 22.4 Å². The van der Waals surface area contributed by atoms with Crippen molar-refractivity contribution in [2.45, 2.75) is 26.8 Å². The summed E-state index contributed by atoms with van der Waals surface area (Å²) in [5.74, 6) is -2.15. The molecular weight excluding hydrogens is 572 g/mol. The van der Waals surface area contributed by atoms with Gasteiger partial charge in [0.1, 0.15) is 16.6 Å². The van der Waals surface area contributed by atoms with E-state index in [9.17, 15) is 28.5 Å². The van der Waals surface area contributed by atoms with Crippen LogP contribution in [0.2, 0.25) is 0 Å². The third-order valence-corrected chi connectivity index (χ3v) is 7.42. The zero-order valence-corrected chi connectivity index (χ0v) is 23.5. The minimum absolute atomic E-state index is 0.0103. The van der Waals surface area contributed by atoms with E-state index in [1.807, 2.05) is 0 Å². The largest absolute Gasteiger partial charge is 0.480 e. The Hall–Kier alpha value is -4.98. The van der Waals surface area contributed by atoms with Crippen molar-refractivity contribution in [1.29, 1.82) is 0 Å². The highest BCUT2D eigenvalue weighted by molar-refractivity contribution is 7.20. The van der Waals surface area contributed by atoms with Crippen molar-refractivity contribution in [3.05, 3.63) is 93.0 Å². The van der Waals surface area contributed by atoms with Crippen LogP contribution in [0.15, 0.2) is 54.6 Å². The predicted octanol–water partition coefficient (Wildman–Crippen LogP) is 6.51. The fourth-order valence-electron chi connectivity index (χ4n) is 3.97. The number of ether oxygens (including phenoxy) is 2. The number of nitrogens with zero attached hydrogens (tertiary/aromatic N) is 4. The lowest BCUT2D eigenvalue weighted by Crippen LogP contribution is -2.33. The number of benzene rings is 2. The molecule has 0 aliphatic rings. The van der Waals surface area contributed by atoms with Gasteiger partial charge < -0.3 is 14.8 Å². The van der Waals surface area contributed by atoms with E-state index in [2.05, 4.69) is 15.5 Å². The van der Waals surface area contributed by atoms with Crippen LogP contribution in [0.25, 0.3) is 10.4 Å². The van der Waals surface area contributed by atoms with E-state index >= 15 is 0 Å². The number of anilines is 2. The summed E-state index contributed by atoms with van der Waals surface area (Å²) in [6, 6.07) is 11.9. The van der Waals surface area contributed by atoms with E-state index in [1.165, 1.54) is 49.6 Å². The Bertz CT molecular complexity index is 1590. The number of non-ortho nitro benzene ring substituents is 1.